The summed E-state index contributed by atoms with van der Waals surface area (Å²) in [6, 6.07) is 4.35. The summed E-state index contributed by atoms with van der Waals surface area (Å²) in [6.07, 6.45) is 6.86. The lowest BCUT2D eigenvalue weighted by molar-refractivity contribution is 0.254. The fraction of sp³-hybridized carbons (Fsp3) is 0.667. The third kappa shape index (κ3) is 3.52. The molecule has 1 heterocycles. The maximum absolute atomic E-state index is 5.88. The van der Waals surface area contributed by atoms with Crippen molar-refractivity contribution >= 4 is 0 Å². The molecule has 0 aromatic heterocycles. The first-order chi connectivity index (χ1) is 10.3. The third-order valence-corrected chi connectivity index (χ3v) is 4.60. The first kappa shape index (κ1) is 14.7. The minimum absolute atomic E-state index is 0.288. The van der Waals surface area contributed by atoms with Gasteiger partial charge in [0.05, 0.1) is 6.61 Å². The van der Waals surface area contributed by atoms with Gasteiger partial charge in [-0.25, -0.2) is 0 Å². The second-order valence-electron chi connectivity index (χ2n) is 6.41. The molecule has 0 bridgehead atoms. The van der Waals surface area contributed by atoms with Gasteiger partial charge in [0.25, 0.3) is 0 Å². The average molecular weight is 289 g/mol. The Balaban J connectivity index is 1.66. The summed E-state index contributed by atoms with van der Waals surface area (Å²) in [5.41, 5.74) is 2.51. The summed E-state index contributed by atoms with van der Waals surface area (Å²) in [5.74, 6) is 2.93. The van der Waals surface area contributed by atoms with Gasteiger partial charge >= 0.3 is 0 Å². The van der Waals surface area contributed by atoms with Crippen molar-refractivity contribution in [1.82, 2.24) is 5.32 Å². The highest BCUT2D eigenvalue weighted by Crippen LogP contribution is 2.35. The van der Waals surface area contributed by atoms with Crippen LogP contribution in [0.3, 0.4) is 0 Å². The number of fused-ring (bicyclic) bond motifs is 1. The first-order valence-corrected chi connectivity index (χ1v) is 8.42. The Morgan fingerprint density at radius 2 is 2.10 bits per heavy atom. The second kappa shape index (κ2) is 6.69. The maximum Gasteiger partial charge on any atom is 0.124 e. The van der Waals surface area contributed by atoms with E-state index in [-0.39, 0.29) is 6.10 Å². The van der Waals surface area contributed by atoms with Crippen LogP contribution in [0, 0.1) is 5.92 Å². The van der Waals surface area contributed by atoms with E-state index in [1.807, 2.05) is 6.92 Å². The molecule has 3 rings (SSSR count). The number of nitrogens with one attached hydrogen (secondary N) is 1. The highest BCUT2D eigenvalue weighted by Gasteiger charge is 2.22. The second-order valence-corrected chi connectivity index (χ2v) is 6.41. The predicted molar refractivity (Wildman–Crippen MR) is 85.1 cm³/mol. The van der Waals surface area contributed by atoms with Crippen LogP contribution in [0.15, 0.2) is 12.1 Å². The lowest BCUT2D eigenvalue weighted by atomic mass is 10.1. The highest BCUT2D eigenvalue weighted by atomic mass is 16.5. The monoisotopic (exact) mass is 289 g/mol. The van der Waals surface area contributed by atoms with E-state index in [2.05, 4.69) is 24.4 Å². The van der Waals surface area contributed by atoms with Gasteiger partial charge < -0.3 is 14.8 Å². The van der Waals surface area contributed by atoms with Crippen LogP contribution >= 0.6 is 0 Å². The molecule has 0 spiro atoms. The number of ether oxygens (including phenoxy) is 2. The Bertz CT molecular complexity index is 480. The maximum atomic E-state index is 5.88. The fourth-order valence-electron chi connectivity index (χ4n) is 3.53. The Labute approximate surface area is 128 Å². The van der Waals surface area contributed by atoms with Crippen molar-refractivity contribution in [3.8, 4) is 11.5 Å². The fourth-order valence-corrected chi connectivity index (χ4v) is 3.53. The standard InChI is InChI=1S/C18H27NO2/c1-3-20-17-9-15-8-13(2)21-18(15)10-16(17)12-19-11-14-6-4-5-7-14/h9-10,13-14,19H,3-8,11-12H2,1-2H3. The predicted octanol–water partition coefficient (Wildman–Crippen LogP) is 3.69. The van der Waals surface area contributed by atoms with Gasteiger partial charge in [-0.05, 0) is 51.3 Å². The van der Waals surface area contributed by atoms with Crippen LogP contribution in [0.2, 0.25) is 0 Å². The van der Waals surface area contributed by atoms with Crippen LogP contribution in [0.1, 0.15) is 50.7 Å². The van der Waals surface area contributed by atoms with Crippen LogP contribution in [0.25, 0.3) is 0 Å². The molecule has 2 aliphatic rings. The molecule has 3 nitrogen and oxygen atoms in total. The summed E-state index contributed by atoms with van der Waals surface area (Å²) in [6.45, 7) is 6.88. The van der Waals surface area contributed by atoms with Gasteiger partial charge in [0, 0.05) is 24.1 Å². The van der Waals surface area contributed by atoms with Crippen molar-refractivity contribution in [3.63, 3.8) is 0 Å². The van der Waals surface area contributed by atoms with Crippen LogP contribution in [-0.4, -0.2) is 19.3 Å². The summed E-state index contributed by atoms with van der Waals surface area (Å²) < 4.78 is 11.7. The average Bonchev–Trinajstić information content (AvgIpc) is 3.07. The van der Waals surface area contributed by atoms with Gasteiger partial charge in [-0.1, -0.05) is 12.8 Å². The summed E-state index contributed by atoms with van der Waals surface area (Å²) in [4.78, 5) is 0. The zero-order chi connectivity index (χ0) is 14.7. The first-order valence-electron chi connectivity index (χ1n) is 8.42. The molecule has 1 unspecified atom stereocenters. The molecule has 0 amide bonds. The van der Waals surface area contributed by atoms with Gasteiger partial charge in [0.2, 0.25) is 0 Å². The minimum Gasteiger partial charge on any atom is -0.494 e. The highest BCUT2D eigenvalue weighted by molar-refractivity contribution is 5.48. The van der Waals surface area contributed by atoms with Crippen molar-refractivity contribution in [2.45, 2.75) is 58.6 Å². The number of benzene rings is 1. The topological polar surface area (TPSA) is 30.5 Å². The van der Waals surface area contributed by atoms with Crippen molar-refractivity contribution in [2.24, 2.45) is 5.92 Å². The summed E-state index contributed by atoms with van der Waals surface area (Å²) in [7, 11) is 0. The molecule has 1 aliphatic heterocycles. The van der Waals surface area contributed by atoms with Gasteiger partial charge in [-0.15, -0.1) is 0 Å². The Morgan fingerprint density at radius 1 is 1.29 bits per heavy atom. The molecule has 1 atom stereocenters. The largest absolute Gasteiger partial charge is 0.494 e. The molecule has 21 heavy (non-hydrogen) atoms. The lowest BCUT2D eigenvalue weighted by Gasteiger charge is -2.15. The van der Waals surface area contributed by atoms with E-state index < -0.39 is 0 Å². The lowest BCUT2D eigenvalue weighted by Crippen LogP contribution is -2.21. The zero-order valence-corrected chi connectivity index (χ0v) is 13.3. The quantitative estimate of drug-likeness (QED) is 0.866. The van der Waals surface area contributed by atoms with Gasteiger partial charge in [-0.3, -0.25) is 0 Å². The minimum atomic E-state index is 0.288. The summed E-state index contributed by atoms with van der Waals surface area (Å²) in [5, 5.41) is 3.61. The van der Waals surface area contributed by atoms with Crippen molar-refractivity contribution < 1.29 is 9.47 Å². The summed E-state index contributed by atoms with van der Waals surface area (Å²) >= 11 is 0. The number of rotatable bonds is 6. The van der Waals surface area contributed by atoms with Crippen LogP contribution < -0.4 is 14.8 Å². The normalized spacial score (nSPS) is 21.3. The van der Waals surface area contributed by atoms with Crippen LogP contribution in [0.5, 0.6) is 11.5 Å². The van der Waals surface area contributed by atoms with Crippen LogP contribution in [0.4, 0.5) is 0 Å². The molecule has 0 saturated heterocycles. The van der Waals surface area contributed by atoms with Gasteiger partial charge in [0.15, 0.2) is 0 Å². The third-order valence-electron chi connectivity index (χ3n) is 4.60. The van der Waals surface area contributed by atoms with Crippen molar-refractivity contribution in [1.29, 1.82) is 0 Å². The molecule has 1 aliphatic carbocycles. The van der Waals surface area contributed by atoms with Crippen molar-refractivity contribution in [3.05, 3.63) is 23.3 Å². The van der Waals surface area contributed by atoms with E-state index in [1.54, 1.807) is 0 Å². The Kier molecular flexibility index (Phi) is 4.69. The van der Waals surface area contributed by atoms with Crippen LogP contribution in [-0.2, 0) is 13.0 Å². The van der Waals surface area contributed by atoms with E-state index >= 15 is 0 Å². The van der Waals surface area contributed by atoms with E-state index in [0.29, 0.717) is 6.61 Å². The molecule has 1 aromatic rings. The van der Waals surface area contributed by atoms with E-state index in [0.717, 1.165) is 36.9 Å². The molecule has 3 heteroatoms. The Morgan fingerprint density at radius 3 is 2.86 bits per heavy atom. The van der Waals surface area contributed by atoms with E-state index in [9.17, 15) is 0 Å². The van der Waals surface area contributed by atoms with Gasteiger partial charge in [-0.2, -0.15) is 0 Å². The molecule has 1 N–H and O–H groups in total. The molecule has 0 radical (unpaired) electrons. The van der Waals surface area contributed by atoms with Crippen molar-refractivity contribution in [2.75, 3.05) is 13.2 Å². The van der Waals surface area contributed by atoms with E-state index in [1.165, 1.54) is 36.8 Å². The SMILES string of the molecule is CCOc1cc2c(cc1CNCC1CCCC1)OC(C)C2. The number of hydrogen-bond acceptors (Lipinski definition) is 3. The number of hydrogen-bond donors (Lipinski definition) is 1. The molecule has 116 valence electrons. The van der Waals surface area contributed by atoms with Gasteiger partial charge in [0.1, 0.15) is 17.6 Å². The molecular formula is C18H27NO2. The molecule has 1 aromatic carbocycles. The molecule has 1 saturated carbocycles. The zero-order valence-electron chi connectivity index (χ0n) is 13.3. The Hall–Kier alpha value is -1.22. The van der Waals surface area contributed by atoms with E-state index in [4.69, 9.17) is 9.47 Å². The molecular weight excluding hydrogens is 262 g/mol. The molecule has 1 fully saturated rings. The smallest absolute Gasteiger partial charge is 0.124 e.